The molecule has 0 aromatic heterocycles. The minimum Gasteiger partial charge on any atom is -0.375 e. The number of amidine groups is 1. The molecular weight excluding hydrogens is 294 g/mol. The van der Waals surface area contributed by atoms with Crippen molar-refractivity contribution in [2.24, 2.45) is 4.99 Å². The number of nitrogens with zero attached hydrogens (tertiary/aromatic N) is 1. The van der Waals surface area contributed by atoms with Gasteiger partial charge in [-0.2, -0.15) is 0 Å². The summed E-state index contributed by atoms with van der Waals surface area (Å²) in [5.74, 6) is 0.872. The summed E-state index contributed by atoms with van der Waals surface area (Å²) in [6.07, 6.45) is 0. The predicted octanol–water partition coefficient (Wildman–Crippen LogP) is 5.33. The van der Waals surface area contributed by atoms with Gasteiger partial charge in [0.25, 0.3) is 0 Å². The summed E-state index contributed by atoms with van der Waals surface area (Å²) in [6.45, 7) is 2.10. The number of hydrogen-bond acceptors (Lipinski definition) is 2. The predicted molar refractivity (Wildman–Crippen MR) is 103 cm³/mol. The van der Waals surface area contributed by atoms with E-state index in [1.807, 2.05) is 78.9 Å². The van der Waals surface area contributed by atoms with Crippen molar-refractivity contribution < 1.29 is 0 Å². The van der Waals surface area contributed by atoms with E-state index in [4.69, 9.17) is 4.99 Å². The van der Waals surface area contributed by atoms with Crippen molar-refractivity contribution in [2.45, 2.75) is 13.0 Å². The Kier molecular flexibility index (Phi) is 5.25. The molecule has 0 bridgehead atoms. The molecule has 0 fully saturated rings. The Labute approximate surface area is 143 Å². The number of para-hydroxylation sites is 3. The van der Waals surface area contributed by atoms with Crippen LogP contribution in [0.3, 0.4) is 0 Å². The van der Waals surface area contributed by atoms with Crippen LogP contribution in [0, 0.1) is 0 Å². The second-order valence-electron chi connectivity index (χ2n) is 5.56. The molecule has 0 aliphatic rings. The van der Waals surface area contributed by atoms with Gasteiger partial charge in [0.05, 0.1) is 11.7 Å². The van der Waals surface area contributed by atoms with Gasteiger partial charge in [0, 0.05) is 11.4 Å². The molecule has 3 nitrogen and oxygen atoms in total. The smallest absolute Gasteiger partial charge is 0.129 e. The Hall–Kier alpha value is -3.07. The summed E-state index contributed by atoms with van der Waals surface area (Å²) < 4.78 is 0. The molecule has 1 atom stereocenters. The molecule has 0 saturated carbocycles. The lowest BCUT2D eigenvalue weighted by Crippen LogP contribution is -2.32. The summed E-state index contributed by atoms with van der Waals surface area (Å²) >= 11 is 0. The molecule has 0 unspecified atom stereocenters. The zero-order valence-corrected chi connectivity index (χ0v) is 13.7. The van der Waals surface area contributed by atoms with Crippen molar-refractivity contribution in [3.63, 3.8) is 0 Å². The van der Waals surface area contributed by atoms with Gasteiger partial charge in [0.1, 0.15) is 5.84 Å². The topological polar surface area (TPSA) is 36.4 Å². The Morgan fingerprint density at radius 1 is 0.708 bits per heavy atom. The Balaban J connectivity index is 1.85. The molecule has 0 amide bonds. The fraction of sp³-hybridized carbons (Fsp3) is 0.0952. The molecule has 0 radical (unpaired) electrons. The third-order valence-electron chi connectivity index (χ3n) is 3.62. The first kappa shape index (κ1) is 15.8. The lowest BCUT2D eigenvalue weighted by Gasteiger charge is -2.19. The van der Waals surface area contributed by atoms with Crippen molar-refractivity contribution in [3.05, 3.63) is 91.0 Å². The van der Waals surface area contributed by atoms with Crippen LogP contribution in [0.2, 0.25) is 0 Å². The molecule has 3 aromatic rings. The molecule has 0 saturated heterocycles. The average molecular weight is 315 g/mol. The van der Waals surface area contributed by atoms with Crippen LogP contribution in [0.1, 0.15) is 6.92 Å². The number of anilines is 2. The minimum atomic E-state index is 0.0350. The normalized spacial score (nSPS) is 12.5. The first-order chi connectivity index (χ1) is 11.8. The van der Waals surface area contributed by atoms with E-state index >= 15 is 0 Å². The second kappa shape index (κ2) is 7.97. The van der Waals surface area contributed by atoms with Crippen LogP contribution < -0.4 is 10.6 Å². The van der Waals surface area contributed by atoms with Crippen LogP contribution >= 0.6 is 0 Å². The minimum absolute atomic E-state index is 0.0350. The SMILES string of the molecule is C[C@H](Nc1ccccc1)C(=Nc1ccccc1)Nc1ccccc1. The van der Waals surface area contributed by atoms with Crippen LogP contribution in [-0.4, -0.2) is 11.9 Å². The number of aliphatic imine (C=N–C) groups is 1. The molecule has 120 valence electrons. The fourth-order valence-corrected chi connectivity index (χ4v) is 2.40. The number of rotatable bonds is 5. The summed E-state index contributed by atoms with van der Waals surface area (Å²) in [5.41, 5.74) is 3.02. The van der Waals surface area contributed by atoms with Crippen LogP contribution in [0.4, 0.5) is 17.1 Å². The standard InChI is InChI=1S/C21H21N3/c1-17(22-18-11-5-2-6-12-18)21(23-19-13-7-3-8-14-19)24-20-15-9-4-10-16-20/h2-17,22H,1H3,(H,23,24)/t17-/m0/s1. The van der Waals surface area contributed by atoms with Crippen LogP contribution in [-0.2, 0) is 0 Å². The second-order valence-corrected chi connectivity index (χ2v) is 5.56. The lowest BCUT2D eigenvalue weighted by atomic mass is 10.2. The van der Waals surface area contributed by atoms with Crippen molar-refractivity contribution in [1.82, 2.24) is 0 Å². The zero-order chi connectivity index (χ0) is 16.6. The molecule has 24 heavy (non-hydrogen) atoms. The first-order valence-electron chi connectivity index (χ1n) is 8.08. The van der Waals surface area contributed by atoms with E-state index in [2.05, 4.69) is 29.7 Å². The first-order valence-corrected chi connectivity index (χ1v) is 8.08. The van der Waals surface area contributed by atoms with Gasteiger partial charge >= 0.3 is 0 Å². The summed E-state index contributed by atoms with van der Waals surface area (Å²) in [7, 11) is 0. The van der Waals surface area contributed by atoms with Gasteiger partial charge in [-0.3, -0.25) is 0 Å². The van der Waals surface area contributed by atoms with Gasteiger partial charge < -0.3 is 10.6 Å². The van der Waals surface area contributed by atoms with Crippen molar-refractivity contribution in [3.8, 4) is 0 Å². The van der Waals surface area contributed by atoms with E-state index < -0.39 is 0 Å². The van der Waals surface area contributed by atoms with E-state index in [9.17, 15) is 0 Å². The zero-order valence-electron chi connectivity index (χ0n) is 13.7. The van der Waals surface area contributed by atoms with Crippen molar-refractivity contribution >= 4 is 22.9 Å². The molecule has 0 aliphatic carbocycles. The maximum Gasteiger partial charge on any atom is 0.129 e. The number of hydrogen-bond donors (Lipinski definition) is 2. The van der Waals surface area contributed by atoms with Gasteiger partial charge in [0.15, 0.2) is 0 Å². The van der Waals surface area contributed by atoms with Crippen molar-refractivity contribution in [1.29, 1.82) is 0 Å². The van der Waals surface area contributed by atoms with E-state index in [1.54, 1.807) is 0 Å². The highest BCUT2D eigenvalue weighted by Crippen LogP contribution is 2.15. The molecule has 3 aromatic carbocycles. The van der Waals surface area contributed by atoms with Crippen molar-refractivity contribution in [2.75, 3.05) is 10.6 Å². The third kappa shape index (κ3) is 4.46. The maximum atomic E-state index is 4.79. The lowest BCUT2D eigenvalue weighted by molar-refractivity contribution is 1.04. The van der Waals surface area contributed by atoms with Gasteiger partial charge in [-0.15, -0.1) is 0 Å². The highest BCUT2D eigenvalue weighted by molar-refractivity contribution is 6.02. The quantitative estimate of drug-likeness (QED) is 0.493. The largest absolute Gasteiger partial charge is 0.375 e. The highest BCUT2D eigenvalue weighted by atomic mass is 15.1. The van der Waals surface area contributed by atoms with E-state index in [0.717, 1.165) is 22.9 Å². The highest BCUT2D eigenvalue weighted by Gasteiger charge is 2.11. The summed E-state index contributed by atoms with van der Waals surface area (Å²) in [4.78, 5) is 4.79. The van der Waals surface area contributed by atoms with E-state index in [0.29, 0.717) is 0 Å². The summed E-state index contributed by atoms with van der Waals surface area (Å²) in [6, 6.07) is 30.3. The van der Waals surface area contributed by atoms with Crippen LogP contribution in [0.5, 0.6) is 0 Å². The van der Waals surface area contributed by atoms with E-state index in [-0.39, 0.29) is 6.04 Å². The maximum absolute atomic E-state index is 4.79. The van der Waals surface area contributed by atoms with Gasteiger partial charge in [0.2, 0.25) is 0 Å². The van der Waals surface area contributed by atoms with Gasteiger partial charge in [-0.25, -0.2) is 4.99 Å². The molecule has 3 heteroatoms. The Morgan fingerprint density at radius 2 is 1.21 bits per heavy atom. The van der Waals surface area contributed by atoms with Gasteiger partial charge in [-0.1, -0.05) is 54.6 Å². The Bertz CT molecular complexity index is 768. The molecule has 0 aliphatic heterocycles. The molecular formula is C21H21N3. The van der Waals surface area contributed by atoms with E-state index in [1.165, 1.54) is 0 Å². The molecule has 0 spiro atoms. The molecule has 0 heterocycles. The molecule has 3 rings (SSSR count). The van der Waals surface area contributed by atoms with Crippen LogP contribution in [0.25, 0.3) is 0 Å². The third-order valence-corrected chi connectivity index (χ3v) is 3.62. The van der Waals surface area contributed by atoms with Gasteiger partial charge in [-0.05, 0) is 43.3 Å². The number of benzene rings is 3. The molecule has 2 N–H and O–H groups in total. The fourth-order valence-electron chi connectivity index (χ4n) is 2.40. The Morgan fingerprint density at radius 3 is 1.79 bits per heavy atom. The van der Waals surface area contributed by atoms with Crippen LogP contribution in [0.15, 0.2) is 96.0 Å². The summed E-state index contributed by atoms with van der Waals surface area (Å²) in [5, 5.41) is 6.92. The monoisotopic (exact) mass is 315 g/mol. The number of nitrogens with one attached hydrogen (secondary N) is 2. The average Bonchev–Trinajstić information content (AvgIpc) is 2.64.